The number of nitrogens with one attached hydrogen (secondary N) is 1. The van der Waals surface area contributed by atoms with Crippen molar-refractivity contribution in [3.05, 3.63) is 29.8 Å². The number of thioether (sulfide) groups is 1. The number of rotatable bonds is 3. The molecular weight excluding hydrogens is 270 g/mol. The van der Waals surface area contributed by atoms with Gasteiger partial charge < -0.3 is 16.0 Å². The van der Waals surface area contributed by atoms with Crippen molar-refractivity contribution in [2.75, 3.05) is 24.2 Å². The van der Waals surface area contributed by atoms with Gasteiger partial charge in [-0.3, -0.25) is 0 Å². The number of anilines is 1. The molecule has 2 atom stereocenters. The van der Waals surface area contributed by atoms with E-state index in [1.165, 1.54) is 0 Å². The van der Waals surface area contributed by atoms with Crippen molar-refractivity contribution in [1.29, 1.82) is 0 Å². The molecule has 1 aromatic carbocycles. The minimum absolute atomic E-state index is 0.00873. The van der Waals surface area contributed by atoms with Gasteiger partial charge in [0.1, 0.15) is 0 Å². The average Bonchev–Trinajstić information content (AvgIpc) is 2.47. The van der Waals surface area contributed by atoms with Gasteiger partial charge in [0, 0.05) is 35.8 Å². The lowest BCUT2D eigenvalue weighted by atomic mass is 10.1. The number of carbonyl (C=O) groups excluding carboxylic acids is 1. The summed E-state index contributed by atoms with van der Waals surface area (Å²) >= 11 is 1.96. The Bertz CT molecular complexity index is 464. The fourth-order valence-corrected chi connectivity index (χ4v) is 3.43. The number of hydrogen-bond acceptors (Lipinski definition) is 3. The van der Waals surface area contributed by atoms with Crippen LogP contribution in [0.15, 0.2) is 24.3 Å². The minimum Gasteiger partial charge on any atom is -0.324 e. The van der Waals surface area contributed by atoms with Crippen molar-refractivity contribution < 1.29 is 4.79 Å². The fraction of sp³-hybridized carbons (Fsp3) is 0.533. The maximum Gasteiger partial charge on any atom is 0.321 e. The van der Waals surface area contributed by atoms with Crippen molar-refractivity contribution in [1.82, 2.24) is 4.90 Å². The van der Waals surface area contributed by atoms with Crippen LogP contribution >= 0.6 is 11.8 Å². The smallest absolute Gasteiger partial charge is 0.321 e. The second-order valence-corrected chi connectivity index (χ2v) is 6.60. The van der Waals surface area contributed by atoms with Gasteiger partial charge in [0.05, 0.1) is 0 Å². The SMILES string of the molecule is CCC1CN(C(=O)Nc2cccc(C(C)N)c2)CCS1. The van der Waals surface area contributed by atoms with Gasteiger partial charge in [0.25, 0.3) is 0 Å². The van der Waals surface area contributed by atoms with E-state index in [1.54, 1.807) is 0 Å². The lowest BCUT2D eigenvalue weighted by Gasteiger charge is -2.32. The molecule has 1 heterocycles. The van der Waals surface area contributed by atoms with E-state index in [9.17, 15) is 4.79 Å². The van der Waals surface area contributed by atoms with E-state index < -0.39 is 0 Å². The molecule has 3 N–H and O–H groups in total. The highest BCUT2D eigenvalue weighted by Gasteiger charge is 2.22. The molecule has 4 nitrogen and oxygen atoms in total. The first kappa shape index (κ1) is 15.2. The van der Waals surface area contributed by atoms with Crippen molar-refractivity contribution in [2.24, 2.45) is 5.73 Å². The molecule has 0 bridgehead atoms. The number of nitrogens with zero attached hydrogens (tertiary/aromatic N) is 1. The third kappa shape index (κ3) is 3.90. The predicted octanol–water partition coefficient (Wildman–Crippen LogP) is 3.07. The van der Waals surface area contributed by atoms with Crippen LogP contribution in [0.4, 0.5) is 10.5 Å². The van der Waals surface area contributed by atoms with Gasteiger partial charge in [0.15, 0.2) is 0 Å². The van der Waals surface area contributed by atoms with Crippen molar-refractivity contribution in [3.63, 3.8) is 0 Å². The van der Waals surface area contributed by atoms with Crippen LogP contribution in [0.25, 0.3) is 0 Å². The summed E-state index contributed by atoms with van der Waals surface area (Å²) in [4.78, 5) is 14.2. The molecular formula is C15H23N3OS. The van der Waals surface area contributed by atoms with Gasteiger partial charge in [0.2, 0.25) is 0 Å². The van der Waals surface area contributed by atoms with Crippen molar-refractivity contribution >= 4 is 23.5 Å². The van der Waals surface area contributed by atoms with Gasteiger partial charge in [-0.1, -0.05) is 19.1 Å². The Morgan fingerprint density at radius 2 is 2.40 bits per heavy atom. The van der Waals surface area contributed by atoms with E-state index in [2.05, 4.69) is 12.2 Å². The van der Waals surface area contributed by atoms with E-state index in [0.717, 1.165) is 36.5 Å². The fourth-order valence-electron chi connectivity index (χ4n) is 2.25. The normalized spacial score (nSPS) is 20.6. The van der Waals surface area contributed by atoms with Crippen LogP contribution in [0.2, 0.25) is 0 Å². The molecule has 5 heteroatoms. The van der Waals surface area contributed by atoms with Crippen LogP contribution in [-0.2, 0) is 0 Å². The zero-order valence-corrected chi connectivity index (χ0v) is 13.0. The Balaban J connectivity index is 1.98. The third-order valence-corrected chi connectivity index (χ3v) is 4.92. The first-order valence-electron chi connectivity index (χ1n) is 7.13. The monoisotopic (exact) mass is 293 g/mol. The Labute approximate surface area is 125 Å². The van der Waals surface area contributed by atoms with Gasteiger partial charge in [-0.2, -0.15) is 11.8 Å². The largest absolute Gasteiger partial charge is 0.324 e. The topological polar surface area (TPSA) is 58.4 Å². The van der Waals surface area contributed by atoms with Crippen LogP contribution in [-0.4, -0.2) is 35.0 Å². The number of hydrogen-bond donors (Lipinski definition) is 2. The molecule has 1 aromatic rings. The number of amides is 2. The molecule has 1 fully saturated rings. The summed E-state index contributed by atoms with van der Waals surface area (Å²) in [6.45, 7) is 5.76. The van der Waals surface area contributed by atoms with Crippen LogP contribution in [0.3, 0.4) is 0 Å². The Hall–Kier alpha value is -1.20. The van der Waals surface area contributed by atoms with Gasteiger partial charge in [-0.15, -0.1) is 0 Å². The number of nitrogens with two attached hydrogens (primary N) is 1. The summed E-state index contributed by atoms with van der Waals surface area (Å²) in [6.07, 6.45) is 1.11. The van der Waals surface area contributed by atoms with Gasteiger partial charge >= 0.3 is 6.03 Å². The van der Waals surface area contributed by atoms with Crippen LogP contribution in [0.5, 0.6) is 0 Å². The number of benzene rings is 1. The molecule has 2 unspecified atom stereocenters. The number of urea groups is 1. The van der Waals surface area contributed by atoms with Gasteiger partial charge in [-0.25, -0.2) is 4.79 Å². The highest BCUT2D eigenvalue weighted by atomic mass is 32.2. The third-order valence-electron chi connectivity index (χ3n) is 3.55. The molecule has 1 aliphatic heterocycles. The number of carbonyl (C=O) groups is 1. The van der Waals surface area contributed by atoms with Crippen LogP contribution < -0.4 is 11.1 Å². The van der Waals surface area contributed by atoms with E-state index in [4.69, 9.17) is 5.73 Å². The quantitative estimate of drug-likeness (QED) is 0.900. The molecule has 0 aromatic heterocycles. The average molecular weight is 293 g/mol. The lowest BCUT2D eigenvalue weighted by molar-refractivity contribution is 0.213. The zero-order valence-electron chi connectivity index (χ0n) is 12.1. The maximum absolute atomic E-state index is 12.3. The minimum atomic E-state index is -0.0253. The molecule has 2 rings (SSSR count). The maximum atomic E-state index is 12.3. The molecule has 0 saturated carbocycles. The molecule has 1 aliphatic rings. The van der Waals surface area contributed by atoms with Crippen LogP contribution in [0, 0.1) is 0 Å². The Morgan fingerprint density at radius 3 is 3.10 bits per heavy atom. The standard InChI is InChI=1S/C15H23N3OS/c1-3-14-10-18(7-8-20-14)15(19)17-13-6-4-5-12(9-13)11(2)16/h4-6,9,11,14H,3,7-8,10,16H2,1-2H3,(H,17,19). The molecule has 0 aliphatic carbocycles. The van der Waals surface area contributed by atoms with Gasteiger partial charge in [-0.05, 0) is 31.0 Å². The summed E-state index contributed by atoms with van der Waals surface area (Å²) in [7, 11) is 0. The van der Waals surface area contributed by atoms with E-state index >= 15 is 0 Å². The first-order valence-corrected chi connectivity index (χ1v) is 8.18. The van der Waals surface area contributed by atoms with Crippen molar-refractivity contribution in [2.45, 2.75) is 31.6 Å². The highest BCUT2D eigenvalue weighted by molar-refractivity contribution is 8.00. The molecule has 0 radical (unpaired) electrons. The van der Waals surface area contributed by atoms with E-state index in [-0.39, 0.29) is 12.1 Å². The van der Waals surface area contributed by atoms with Crippen molar-refractivity contribution in [3.8, 4) is 0 Å². The summed E-state index contributed by atoms with van der Waals surface area (Å²) < 4.78 is 0. The Morgan fingerprint density at radius 1 is 1.60 bits per heavy atom. The summed E-state index contributed by atoms with van der Waals surface area (Å²) in [5.74, 6) is 1.02. The second-order valence-electron chi connectivity index (χ2n) is 5.19. The zero-order chi connectivity index (χ0) is 14.5. The van der Waals surface area contributed by atoms with E-state index in [1.807, 2.05) is 47.9 Å². The molecule has 110 valence electrons. The van der Waals surface area contributed by atoms with Crippen LogP contribution in [0.1, 0.15) is 31.9 Å². The second kappa shape index (κ2) is 6.99. The molecule has 1 saturated heterocycles. The molecule has 2 amide bonds. The predicted molar refractivity (Wildman–Crippen MR) is 86.2 cm³/mol. The Kier molecular flexibility index (Phi) is 5.31. The highest BCUT2D eigenvalue weighted by Crippen LogP contribution is 2.22. The van der Waals surface area contributed by atoms with E-state index in [0.29, 0.717) is 5.25 Å². The molecule has 0 spiro atoms. The summed E-state index contributed by atoms with van der Waals surface area (Å²) in [5.41, 5.74) is 7.71. The summed E-state index contributed by atoms with van der Waals surface area (Å²) in [6, 6.07) is 7.71. The lowest BCUT2D eigenvalue weighted by Crippen LogP contribution is -2.43. The summed E-state index contributed by atoms with van der Waals surface area (Å²) in [5, 5.41) is 3.53. The first-order chi connectivity index (χ1) is 9.60. The molecule has 20 heavy (non-hydrogen) atoms.